The van der Waals surface area contributed by atoms with Gasteiger partial charge in [-0.1, -0.05) is 0 Å². The van der Waals surface area contributed by atoms with Gasteiger partial charge in [0.2, 0.25) is 0 Å². The van der Waals surface area contributed by atoms with Crippen molar-refractivity contribution in [3.8, 4) is 11.5 Å². The second-order valence-corrected chi connectivity index (χ2v) is 5.66. The van der Waals surface area contributed by atoms with Crippen molar-refractivity contribution in [2.45, 2.75) is 6.92 Å². The summed E-state index contributed by atoms with van der Waals surface area (Å²) in [6.07, 6.45) is 0. The summed E-state index contributed by atoms with van der Waals surface area (Å²) < 4.78 is 10.4. The van der Waals surface area contributed by atoms with Gasteiger partial charge in [-0.3, -0.25) is 29.4 Å². The molecule has 0 unspecified atom stereocenters. The van der Waals surface area contributed by atoms with Crippen molar-refractivity contribution >= 4 is 23.5 Å². The molecule has 0 aliphatic carbocycles. The second kappa shape index (κ2) is 7.24. The number of amides is 2. The maximum Gasteiger partial charge on any atom is 0.308 e. The highest BCUT2D eigenvalue weighted by Crippen LogP contribution is 2.26. The monoisotopic (exact) mass is 370 g/mol. The minimum absolute atomic E-state index is 0.00809. The van der Waals surface area contributed by atoms with Crippen LogP contribution in [0, 0.1) is 10.1 Å². The third-order valence-corrected chi connectivity index (χ3v) is 3.83. The summed E-state index contributed by atoms with van der Waals surface area (Å²) in [5.41, 5.74) is -0.0999. The van der Waals surface area contributed by atoms with Crippen LogP contribution in [-0.2, 0) is 4.79 Å². The van der Waals surface area contributed by atoms with E-state index in [1.54, 1.807) is 24.3 Å². The number of imide groups is 1. The number of ether oxygens (including phenoxy) is 2. The normalized spacial score (nSPS) is 12.7. The molecule has 1 aliphatic rings. The SMILES string of the molecule is CC(=O)Oc1ccc(OCCN2C(=O)c3ccc([N+](=O)[O-])cc3C2=O)cc1. The molecule has 0 bridgehead atoms. The van der Waals surface area contributed by atoms with Crippen molar-refractivity contribution in [2.75, 3.05) is 13.2 Å². The third-order valence-electron chi connectivity index (χ3n) is 3.83. The number of rotatable bonds is 6. The van der Waals surface area contributed by atoms with Crippen molar-refractivity contribution in [3.63, 3.8) is 0 Å². The second-order valence-electron chi connectivity index (χ2n) is 5.66. The summed E-state index contributed by atoms with van der Waals surface area (Å²) in [7, 11) is 0. The number of carbonyl (C=O) groups excluding carboxylic acids is 3. The van der Waals surface area contributed by atoms with Crippen molar-refractivity contribution in [3.05, 3.63) is 63.7 Å². The predicted molar refractivity (Wildman–Crippen MR) is 91.7 cm³/mol. The molecule has 9 heteroatoms. The molecule has 0 saturated carbocycles. The van der Waals surface area contributed by atoms with Gasteiger partial charge >= 0.3 is 5.97 Å². The molecule has 3 rings (SSSR count). The van der Waals surface area contributed by atoms with Crippen molar-refractivity contribution in [1.29, 1.82) is 0 Å². The molecule has 0 fully saturated rings. The van der Waals surface area contributed by atoms with Crippen LogP contribution < -0.4 is 9.47 Å². The Morgan fingerprint density at radius 1 is 1.04 bits per heavy atom. The smallest absolute Gasteiger partial charge is 0.308 e. The standard InChI is InChI=1S/C18H14N2O7/c1-11(21)27-14-5-3-13(4-6-14)26-9-8-19-17(22)15-7-2-12(20(24)25)10-16(15)18(19)23/h2-7,10H,8-9H2,1H3. The first-order valence-electron chi connectivity index (χ1n) is 7.93. The number of hydrogen-bond donors (Lipinski definition) is 0. The van der Waals surface area contributed by atoms with Gasteiger partial charge in [-0.15, -0.1) is 0 Å². The molecule has 1 heterocycles. The Morgan fingerprint density at radius 3 is 2.30 bits per heavy atom. The van der Waals surface area contributed by atoms with Gasteiger partial charge < -0.3 is 9.47 Å². The zero-order valence-corrected chi connectivity index (χ0v) is 14.2. The average Bonchev–Trinajstić information content (AvgIpc) is 2.87. The molecule has 0 N–H and O–H groups in total. The lowest BCUT2D eigenvalue weighted by Crippen LogP contribution is -2.33. The maximum absolute atomic E-state index is 12.4. The van der Waals surface area contributed by atoms with E-state index < -0.39 is 22.7 Å². The Hall–Kier alpha value is -3.75. The third kappa shape index (κ3) is 3.76. The van der Waals surface area contributed by atoms with E-state index >= 15 is 0 Å². The van der Waals surface area contributed by atoms with Gasteiger partial charge in [0.05, 0.1) is 22.6 Å². The van der Waals surface area contributed by atoms with E-state index in [1.807, 2.05) is 0 Å². The highest BCUT2D eigenvalue weighted by atomic mass is 16.6. The van der Waals surface area contributed by atoms with Gasteiger partial charge in [0.1, 0.15) is 18.1 Å². The molecule has 0 atom stereocenters. The Kier molecular flexibility index (Phi) is 4.84. The fraction of sp³-hybridized carbons (Fsp3) is 0.167. The van der Waals surface area contributed by atoms with E-state index in [-0.39, 0.29) is 30.0 Å². The zero-order valence-electron chi connectivity index (χ0n) is 14.2. The Balaban J connectivity index is 1.62. The molecular weight excluding hydrogens is 356 g/mol. The highest BCUT2D eigenvalue weighted by molar-refractivity contribution is 6.21. The number of hydrogen-bond acceptors (Lipinski definition) is 7. The molecule has 138 valence electrons. The number of nitro benzene ring substituents is 1. The van der Waals surface area contributed by atoms with E-state index in [2.05, 4.69) is 0 Å². The fourth-order valence-corrected chi connectivity index (χ4v) is 2.62. The molecule has 0 spiro atoms. The van der Waals surface area contributed by atoms with E-state index in [4.69, 9.17) is 9.47 Å². The minimum Gasteiger partial charge on any atom is -0.492 e. The van der Waals surface area contributed by atoms with E-state index in [9.17, 15) is 24.5 Å². The summed E-state index contributed by atoms with van der Waals surface area (Å²) in [5.74, 6) is -0.698. The molecule has 0 saturated heterocycles. The van der Waals surface area contributed by atoms with Crippen LogP contribution in [0.25, 0.3) is 0 Å². The molecular formula is C18H14N2O7. The Bertz CT molecular complexity index is 937. The molecule has 27 heavy (non-hydrogen) atoms. The van der Waals surface area contributed by atoms with Gasteiger partial charge in [0.15, 0.2) is 0 Å². The quantitative estimate of drug-likeness (QED) is 0.252. The summed E-state index contributed by atoms with van der Waals surface area (Å²) in [4.78, 5) is 46.7. The topological polar surface area (TPSA) is 116 Å². The lowest BCUT2D eigenvalue weighted by atomic mass is 10.1. The number of esters is 1. The largest absolute Gasteiger partial charge is 0.492 e. The molecule has 9 nitrogen and oxygen atoms in total. The van der Waals surface area contributed by atoms with E-state index in [0.717, 1.165) is 11.0 Å². The lowest BCUT2D eigenvalue weighted by Gasteiger charge is -2.14. The highest BCUT2D eigenvalue weighted by Gasteiger charge is 2.36. The van der Waals surface area contributed by atoms with Crippen LogP contribution in [0.2, 0.25) is 0 Å². The average molecular weight is 370 g/mol. The molecule has 2 aromatic rings. The first kappa shape index (κ1) is 18.1. The van der Waals surface area contributed by atoms with Gasteiger partial charge in [-0.05, 0) is 30.3 Å². The fourth-order valence-electron chi connectivity index (χ4n) is 2.62. The van der Waals surface area contributed by atoms with E-state index in [0.29, 0.717) is 11.5 Å². The lowest BCUT2D eigenvalue weighted by molar-refractivity contribution is -0.384. The van der Waals surface area contributed by atoms with E-state index in [1.165, 1.54) is 19.1 Å². The number of benzene rings is 2. The summed E-state index contributed by atoms with van der Waals surface area (Å²) in [6.45, 7) is 1.33. The molecule has 1 aliphatic heterocycles. The molecule has 2 amide bonds. The van der Waals surface area contributed by atoms with Crippen LogP contribution >= 0.6 is 0 Å². The first-order chi connectivity index (χ1) is 12.9. The summed E-state index contributed by atoms with van der Waals surface area (Å²) in [5, 5.41) is 10.8. The number of nitrogens with zero attached hydrogens (tertiary/aromatic N) is 2. The van der Waals surface area contributed by atoms with Crippen LogP contribution in [0.5, 0.6) is 11.5 Å². The van der Waals surface area contributed by atoms with Crippen molar-refractivity contribution in [2.24, 2.45) is 0 Å². The first-order valence-corrected chi connectivity index (χ1v) is 7.93. The van der Waals surface area contributed by atoms with Crippen LogP contribution in [0.4, 0.5) is 5.69 Å². The van der Waals surface area contributed by atoms with Crippen LogP contribution in [0.15, 0.2) is 42.5 Å². The summed E-state index contributed by atoms with van der Waals surface area (Å²) in [6, 6.07) is 9.85. The number of carbonyl (C=O) groups is 3. The molecule has 0 radical (unpaired) electrons. The Labute approximate surface area is 153 Å². The van der Waals surface area contributed by atoms with Crippen molar-refractivity contribution in [1.82, 2.24) is 4.90 Å². The van der Waals surface area contributed by atoms with Crippen molar-refractivity contribution < 1.29 is 28.8 Å². The number of nitro groups is 1. The number of fused-ring (bicyclic) bond motifs is 1. The Morgan fingerprint density at radius 2 is 1.67 bits per heavy atom. The van der Waals surface area contributed by atoms with Gasteiger partial charge in [0, 0.05) is 19.1 Å². The molecule has 2 aromatic carbocycles. The van der Waals surface area contributed by atoms with Gasteiger partial charge in [-0.2, -0.15) is 0 Å². The van der Waals surface area contributed by atoms with Crippen LogP contribution in [0.1, 0.15) is 27.6 Å². The molecule has 0 aromatic heterocycles. The summed E-state index contributed by atoms with van der Waals surface area (Å²) >= 11 is 0. The number of non-ortho nitro benzene ring substituents is 1. The predicted octanol–water partition coefficient (Wildman–Crippen LogP) is 2.20. The maximum atomic E-state index is 12.4. The van der Waals surface area contributed by atoms with Gasteiger partial charge in [-0.25, -0.2) is 0 Å². The van der Waals surface area contributed by atoms with Gasteiger partial charge in [0.25, 0.3) is 17.5 Å². The van der Waals surface area contributed by atoms with Crippen LogP contribution in [0.3, 0.4) is 0 Å². The van der Waals surface area contributed by atoms with Crippen LogP contribution in [-0.4, -0.2) is 40.8 Å². The zero-order chi connectivity index (χ0) is 19.6. The minimum atomic E-state index is -0.622.